The second kappa shape index (κ2) is 10.9. The molecule has 1 atom stereocenters. The van der Waals surface area contributed by atoms with E-state index in [0.717, 1.165) is 61.2 Å². The summed E-state index contributed by atoms with van der Waals surface area (Å²) in [5, 5.41) is 0.402. The summed E-state index contributed by atoms with van der Waals surface area (Å²) in [6.07, 6.45) is 7.00. The molecule has 0 aliphatic carbocycles. The minimum atomic E-state index is -0.544. The van der Waals surface area contributed by atoms with Gasteiger partial charge in [-0.2, -0.15) is 0 Å². The van der Waals surface area contributed by atoms with E-state index in [2.05, 4.69) is 28.2 Å². The highest BCUT2D eigenvalue weighted by Gasteiger charge is 2.35. The van der Waals surface area contributed by atoms with Crippen LogP contribution in [0.5, 0.6) is 0 Å². The molecule has 0 spiro atoms. The predicted molar refractivity (Wildman–Crippen MR) is 150 cm³/mol. The molecule has 0 bridgehead atoms. The van der Waals surface area contributed by atoms with E-state index in [0.29, 0.717) is 23.4 Å². The summed E-state index contributed by atoms with van der Waals surface area (Å²) in [6, 6.07) is 12.3. The largest absolute Gasteiger partial charge is 0.444 e. The van der Waals surface area contributed by atoms with Gasteiger partial charge in [0.25, 0.3) is 0 Å². The fraction of sp³-hybridized carbons (Fsp3) is 0.433. The van der Waals surface area contributed by atoms with Crippen molar-refractivity contribution in [1.82, 2.24) is 14.9 Å². The average molecular weight is 535 g/mol. The molecule has 0 saturated carbocycles. The first kappa shape index (κ1) is 26.4. The van der Waals surface area contributed by atoms with Gasteiger partial charge in [-0.15, -0.1) is 0 Å². The lowest BCUT2D eigenvalue weighted by molar-refractivity contribution is 0.0222. The highest BCUT2D eigenvalue weighted by molar-refractivity contribution is 6.29. The third-order valence-corrected chi connectivity index (χ3v) is 7.48. The van der Waals surface area contributed by atoms with E-state index in [9.17, 15) is 4.79 Å². The molecule has 1 amide bonds. The van der Waals surface area contributed by atoms with Crippen LogP contribution in [0.4, 0.5) is 10.6 Å². The van der Waals surface area contributed by atoms with Crippen molar-refractivity contribution in [2.24, 2.45) is 0 Å². The zero-order chi connectivity index (χ0) is 26.9. The van der Waals surface area contributed by atoms with Gasteiger partial charge < -0.3 is 20.1 Å². The number of pyridine rings is 2. The Hall–Kier alpha value is -3.16. The number of hydrogen-bond donors (Lipinski definition) is 1. The van der Waals surface area contributed by atoms with Crippen molar-refractivity contribution in [2.45, 2.75) is 64.0 Å². The number of likely N-dealkylation sites (tertiary alicyclic amines) is 1. The Morgan fingerprint density at radius 1 is 1.03 bits per heavy atom. The molecule has 3 aromatic rings. The van der Waals surface area contributed by atoms with Crippen LogP contribution in [0.15, 0.2) is 48.8 Å². The number of carbonyl (C=O) groups is 1. The lowest BCUT2D eigenvalue weighted by Gasteiger charge is -2.32. The zero-order valence-corrected chi connectivity index (χ0v) is 23.0. The predicted octanol–water partition coefficient (Wildman–Crippen LogP) is 7.01. The van der Waals surface area contributed by atoms with Crippen LogP contribution < -0.4 is 5.73 Å². The summed E-state index contributed by atoms with van der Waals surface area (Å²) >= 11 is 6.14. The maximum absolute atomic E-state index is 13.2. The number of halogens is 1. The Morgan fingerprint density at radius 3 is 2.55 bits per heavy atom. The van der Waals surface area contributed by atoms with Gasteiger partial charge in [0, 0.05) is 43.3 Å². The van der Waals surface area contributed by atoms with Crippen molar-refractivity contribution in [1.29, 1.82) is 0 Å². The van der Waals surface area contributed by atoms with E-state index >= 15 is 0 Å². The highest BCUT2D eigenvalue weighted by atomic mass is 35.5. The number of amides is 1. The van der Waals surface area contributed by atoms with E-state index in [-0.39, 0.29) is 12.1 Å². The number of nitrogen functional groups attached to an aromatic ring is 1. The number of nitrogens with zero attached hydrogens (tertiary/aromatic N) is 3. The monoisotopic (exact) mass is 534 g/mol. The molecule has 0 radical (unpaired) electrons. The number of hydrogen-bond acceptors (Lipinski definition) is 6. The van der Waals surface area contributed by atoms with E-state index in [1.807, 2.05) is 37.8 Å². The van der Waals surface area contributed by atoms with Crippen LogP contribution in [0.3, 0.4) is 0 Å². The summed E-state index contributed by atoms with van der Waals surface area (Å²) in [4.78, 5) is 23.7. The number of aromatic nitrogens is 2. The SMILES string of the molecule is CC(C)(C)OC(=O)N1CCC[C@H]1c1cc(-c2cnc(N)c(-c3ccnc(Cl)c3)c2)ccc1C1CCOCC1. The Labute approximate surface area is 229 Å². The van der Waals surface area contributed by atoms with Crippen molar-refractivity contribution < 1.29 is 14.3 Å². The van der Waals surface area contributed by atoms with Gasteiger partial charge in [0.2, 0.25) is 0 Å². The fourth-order valence-electron chi connectivity index (χ4n) is 5.49. The van der Waals surface area contributed by atoms with Crippen LogP contribution in [0.2, 0.25) is 5.15 Å². The number of carbonyl (C=O) groups excluding carboxylic acids is 1. The first-order valence-corrected chi connectivity index (χ1v) is 13.7. The maximum Gasteiger partial charge on any atom is 0.410 e. The van der Waals surface area contributed by atoms with Crippen molar-refractivity contribution in [3.05, 3.63) is 65.1 Å². The van der Waals surface area contributed by atoms with E-state index < -0.39 is 5.60 Å². The van der Waals surface area contributed by atoms with Gasteiger partial charge in [-0.05, 0) is 98.9 Å². The lowest BCUT2D eigenvalue weighted by Crippen LogP contribution is -2.36. The standard InChI is InChI=1S/C30H35ClN4O3/c1-30(2,3)38-29(36)35-12-4-5-26(35)25-15-20(6-7-23(25)19-9-13-37-14-10-19)22-16-24(28(32)34-18-22)21-8-11-33-27(31)17-21/h6-8,11,15-19,26H,4-5,9-10,12-14H2,1-3H3,(H2,32,34)/t26-/m0/s1. The van der Waals surface area contributed by atoms with Crippen LogP contribution >= 0.6 is 11.6 Å². The van der Waals surface area contributed by atoms with Crippen LogP contribution in [-0.2, 0) is 9.47 Å². The van der Waals surface area contributed by atoms with Crippen molar-refractivity contribution >= 4 is 23.5 Å². The third kappa shape index (κ3) is 5.79. The molecule has 38 heavy (non-hydrogen) atoms. The van der Waals surface area contributed by atoms with Crippen LogP contribution in [0.1, 0.15) is 69.5 Å². The second-order valence-corrected chi connectivity index (χ2v) is 11.5. The Bertz CT molecular complexity index is 1320. The first-order chi connectivity index (χ1) is 18.2. The van der Waals surface area contributed by atoms with Crippen LogP contribution in [0, 0.1) is 0 Å². The zero-order valence-electron chi connectivity index (χ0n) is 22.2. The molecule has 4 heterocycles. The second-order valence-electron chi connectivity index (χ2n) is 11.1. The molecule has 8 heteroatoms. The molecule has 2 aromatic heterocycles. The summed E-state index contributed by atoms with van der Waals surface area (Å²) in [6.45, 7) is 7.93. The molecule has 5 rings (SSSR count). The number of nitrogens with two attached hydrogens (primary N) is 1. The smallest absolute Gasteiger partial charge is 0.410 e. The van der Waals surface area contributed by atoms with Gasteiger partial charge in [-0.25, -0.2) is 14.8 Å². The molecular formula is C30H35ClN4O3. The van der Waals surface area contributed by atoms with Crippen LogP contribution in [0.25, 0.3) is 22.3 Å². The molecule has 2 fully saturated rings. The number of benzene rings is 1. The summed E-state index contributed by atoms with van der Waals surface area (Å²) < 4.78 is 11.4. The van der Waals surface area contributed by atoms with E-state index in [1.54, 1.807) is 18.5 Å². The molecule has 0 unspecified atom stereocenters. The molecule has 2 saturated heterocycles. The average Bonchev–Trinajstić information content (AvgIpc) is 3.38. The molecule has 2 N–H and O–H groups in total. The summed E-state index contributed by atoms with van der Waals surface area (Å²) in [7, 11) is 0. The minimum Gasteiger partial charge on any atom is -0.444 e. The molecule has 2 aliphatic heterocycles. The lowest BCUT2D eigenvalue weighted by atomic mass is 9.83. The van der Waals surface area contributed by atoms with Crippen molar-refractivity contribution in [3.63, 3.8) is 0 Å². The van der Waals surface area contributed by atoms with Gasteiger partial charge in [-0.1, -0.05) is 23.7 Å². The van der Waals surface area contributed by atoms with E-state index in [4.69, 9.17) is 26.8 Å². The van der Waals surface area contributed by atoms with Crippen molar-refractivity contribution in [3.8, 4) is 22.3 Å². The number of anilines is 1. The maximum atomic E-state index is 13.2. The topological polar surface area (TPSA) is 90.6 Å². The molecule has 7 nitrogen and oxygen atoms in total. The first-order valence-electron chi connectivity index (χ1n) is 13.3. The van der Waals surface area contributed by atoms with Gasteiger partial charge in [-0.3, -0.25) is 0 Å². The van der Waals surface area contributed by atoms with Gasteiger partial charge in [0.1, 0.15) is 16.6 Å². The fourth-order valence-corrected chi connectivity index (χ4v) is 5.66. The Kier molecular flexibility index (Phi) is 7.59. The molecule has 2 aliphatic rings. The minimum absolute atomic E-state index is 0.0390. The molecule has 200 valence electrons. The number of ether oxygens (including phenoxy) is 2. The van der Waals surface area contributed by atoms with Gasteiger partial charge in [0.05, 0.1) is 6.04 Å². The summed E-state index contributed by atoms with van der Waals surface area (Å²) in [5.41, 5.74) is 11.8. The van der Waals surface area contributed by atoms with Crippen molar-refractivity contribution in [2.75, 3.05) is 25.5 Å². The Morgan fingerprint density at radius 2 is 1.82 bits per heavy atom. The Balaban J connectivity index is 1.56. The van der Waals surface area contributed by atoms with Crippen LogP contribution in [-0.4, -0.2) is 46.3 Å². The summed E-state index contributed by atoms with van der Waals surface area (Å²) in [5.74, 6) is 0.829. The van der Waals surface area contributed by atoms with Gasteiger partial charge >= 0.3 is 6.09 Å². The van der Waals surface area contributed by atoms with E-state index in [1.165, 1.54) is 11.1 Å². The molecular weight excluding hydrogens is 500 g/mol. The number of rotatable bonds is 4. The quantitative estimate of drug-likeness (QED) is 0.362. The normalized spacial score (nSPS) is 18.5. The van der Waals surface area contributed by atoms with Gasteiger partial charge in [0.15, 0.2) is 0 Å². The molecule has 1 aromatic carbocycles. The third-order valence-electron chi connectivity index (χ3n) is 7.28. The highest BCUT2D eigenvalue weighted by Crippen LogP contribution is 2.42.